The lowest BCUT2D eigenvalue weighted by atomic mass is 10.1. The summed E-state index contributed by atoms with van der Waals surface area (Å²) < 4.78 is 36.6. The molecule has 4 aromatic rings. The Hall–Kier alpha value is -3.53. The molecule has 0 spiro atoms. The molecule has 32 heavy (non-hydrogen) atoms. The number of halogens is 2. The number of rotatable bonds is 5. The number of ether oxygens (including phenoxy) is 1. The zero-order valence-electron chi connectivity index (χ0n) is 17.5. The Kier molecular flexibility index (Phi) is 4.81. The summed E-state index contributed by atoms with van der Waals surface area (Å²) in [4.78, 5) is 4.59. The van der Waals surface area contributed by atoms with E-state index < -0.39 is 31.0 Å². The number of anilines is 2. The first-order chi connectivity index (χ1) is 15.3. The van der Waals surface area contributed by atoms with Crippen LogP contribution in [0.25, 0.3) is 22.3 Å². The summed E-state index contributed by atoms with van der Waals surface area (Å²) in [6, 6.07) is 13.3. The summed E-state index contributed by atoms with van der Waals surface area (Å²) in [5.41, 5.74) is 2.30. The molecule has 1 aliphatic carbocycles. The van der Waals surface area contributed by atoms with Crippen LogP contribution < -0.4 is 10.1 Å². The van der Waals surface area contributed by atoms with E-state index in [0.717, 1.165) is 11.3 Å². The van der Waals surface area contributed by atoms with Crippen molar-refractivity contribution in [2.24, 2.45) is 14.1 Å². The van der Waals surface area contributed by atoms with E-state index in [0.29, 0.717) is 28.4 Å². The largest absolute Gasteiger partial charge is 0.487 e. The molecule has 3 heterocycles. The van der Waals surface area contributed by atoms with Crippen molar-refractivity contribution in [1.82, 2.24) is 24.5 Å². The molecule has 1 aromatic carbocycles. The van der Waals surface area contributed by atoms with E-state index in [4.69, 9.17) is 4.74 Å². The van der Waals surface area contributed by atoms with Crippen LogP contribution >= 0.6 is 0 Å². The Morgan fingerprint density at radius 1 is 1.12 bits per heavy atom. The van der Waals surface area contributed by atoms with Gasteiger partial charge in [-0.1, -0.05) is 30.3 Å². The monoisotopic (exact) mass is 440 g/mol. The topological polar surface area (TPSA) is 90.0 Å². The predicted octanol–water partition coefficient (Wildman–Crippen LogP) is 3.65. The maximum absolute atomic E-state index is 13.7. The molecule has 0 amide bonds. The molecular weight excluding hydrogens is 418 g/mol. The number of aromatic nitrogens is 5. The van der Waals surface area contributed by atoms with E-state index in [1.165, 1.54) is 0 Å². The first kappa shape index (κ1) is 20.4. The van der Waals surface area contributed by atoms with Gasteiger partial charge in [0.15, 0.2) is 5.65 Å². The highest BCUT2D eigenvalue weighted by Crippen LogP contribution is 2.39. The lowest BCUT2D eigenvalue weighted by molar-refractivity contribution is -0.00481. The molecule has 3 aromatic heterocycles. The molecule has 166 valence electrons. The number of nitrogens with one attached hydrogen (secondary N) is 1. The second-order valence-corrected chi connectivity index (χ2v) is 8.03. The minimum Gasteiger partial charge on any atom is -0.487 e. The van der Waals surface area contributed by atoms with Crippen LogP contribution in [0, 0.1) is 0 Å². The average Bonchev–Trinajstić information content (AvgIpc) is 3.38. The molecule has 1 fully saturated rings. The number of hydrogen-bond acceptors (Lipinski definition) is 6. The van der Waals surface area contributed by atoms with Crippen LogP contribution in [0.2, 0.25) is 0 Å². The molecule has 0 radical (unpaired) electrons. The molecule has 0 aliphatic heterocycles. The molecular formula is C22H22F2N6O2. The van der Waals surface area contributed by atoms with Gasteiger partial charge in [-0.05, 0) is 0 Å². The fourth-order valence-electron chi connectivity index (χ4n) is 3.95. The third-order valence-electron chi connectivity index (χ3n) is 5.59. The standard InChI is InChI=1S/C22H22F2N6O2/c1-29-20(8-15(28-29)13-6-4-3-5-7-13)26-19-9-17(14-12-25-30(2)21(14)27-19)32-18-11-22(23,24)10-16(18)31/h3-9,12,16,18,31H,10-11H2,1-2H3,(H,26,27). The Labute approximate surface area is 182 Å². The minimum atomic E-state index is -2.95. The van der Waals surface area contributed by atoms with E-state index in [1.807, 2.05) is 43.4 Å². The Balaban J connectivity index is 1.48. The zero-order valence-corrected chi connectivity index (χ0v) is 17.5. The third kappa shape index (κ3) is 3.77. The normalized spacial score (nSPS) is 20.0. The van der Waals surface area contributed by atoms with Crippen molar-refractivity contribution in [2.75, 3.05) is 5.32 Å². The Morgan fingerprint density at radius 3 is 2.62 bits per heavy atom. The smallest absolute Gasteiger partial charge is 0.254 e. The quantitative estimate of drug-likeness (QED) is 0.492. The van der Waals surface area contributed by atoms with Gasteiger partial charge in [0.05, 0.1) is 29.8 Å². The van der Waals surface area contributed by atoms with Gasteiger partial charge in [0.25, 0.3) is 5.92 Å². The van der Waals surface area contributed by atoms with Crippen molar-refractivity contribution in [2.45, 2.75) is 31.0 Å². The summed E-state index contributed by atoms with van der Waals surface area (Å²) in [5, 5.41) is 22.6. The number of aryl methyl sites for hydroxylation is 2. The molecule has 5 rings (SSSR count). The number of aliphatic hydroxyl groups excluding tert-OH is 1. The fraction of sp³-hybridized carbons (Fsp3) is 0.318. The molecule has 0 saturated heterocycles. The maximum atomic E-state index is 13.7. The summed E-state index contributed by atoms with van der Waals surface area (Å²) in [6.45, 7) is 0. The van der Waals surface area contributed by atoms with Crippen LogP contribution in [0.3, 0.4) is 0 Å². The van der Waals surface area contributed by atoms with Gasteiger partial charge < -0.3 is 15.2 Å². The van der Waals surface area contributed by atoms with Gasteiger partial charge in [0, 0.05) is 38.2 Å². The number of hydrogen-bond donors (Lipinski definition) is 2. The van der Waals surface area contributed by atoms with Gasteiger partial charge in [0.2, 0.25) is 0 Å². The van der Waals surface area contributed by atoms with E-state index in [1.54, 1.807) is 28.7 Å². The van der Waals surface area contributed by atoms with Crippen molar-refractivity contribution in [1.29, 1.82) is 0 Å². The predicted molar refractivity (Wildman–Crippen MR) is 115 cm³/mol. The summed E-state index contributed by atoms with van der Waals surface area (Å²) in [7, 11) is 3.55. The molecule has 0 bridgehead atoms. The highest BCUT2D eigenvalue weighted by atomic mass is 19.3. The van der Waals surface area contributed by atoms with Crippen LogP contribution in [0.4, 0.5) is 20.4 Å². The Morgan fingerprint density at radius 2 is 1.91 bits per heavy atom. The van der Waals surface area contributed by atoms with Gasteiger partial charge in [-0.25, -0.2) is 13.8 Å². The second-order valence-electron chi connectivity index (χ2n) is 8.03. The molecule has 10 heteroatoms. The van der Waals surface area contributed by atoms with Gasteiger partial charge >= 0.3 is 0 Å². The van der Waals surface area contributed by atoms with Crippen molar-refractivity contribution < 1.29 is 18.6 Å². The number of benzene rings is 1. The molecule has 1 aliphatic rings. The second kappa shape index (κ2) is 7.56. The summed E-state index contributed by atoms with van der Waals surface area (Å²) in [5.74, 6) is -1.48. The summed E-state index contributed by atoms with van der Waals surface area (Å²) in [6.07, 6.45) is -1.83. The van der Waals surface area contributed by atoms with Crippen molar-refractivity contribution in [3.05, 3.63) is 48.7 Å². The van der Waals surface area contributed by atoms with Gasteiger partial charge in [0.1, 0.15) is 23.5 Å². The average molecular weight is 440 g/mol. The van der Waals surface area contributed by atoms with Gasteiger partial charge in [-0.3, -0.25) is 9.36 Å². The number of fused-ring (bicyclic) bond motifs is 1. The lowest BCUT2D eigenvalue weighted by Crippen LogP contribution is -2.25. The van der Waals surface area contributed by atoms with Crippen molar-refractivity contribution in [3.63, 3.8) is 0 Å². The third-order valence-corrected chi connectivity index (χ3v) is 5.59. The van der Waals surface area contributed by atoms with Gasteiger partial charge in [-0.15, -0.1) is 0 Å². The first-order valence-electron chi connectivity index (χ1n) is 10.2. The Bertz CT molecular complexity index is 1270. The first-order valence-corrected chi connectivity index (χ1v) is 10.2. The van der Waals surface area contributed by atoms with Crippen molar-refractivity contribution >= 4 is 22.7 Å². The highest BCUT2D eigenvalue weighted by Gasteiger charge is 2.47. The van der Waals surface area contributed by atoms with E-state index in [9.17, 15) is 13.9 Å². The fourth-order valence-corrected chi connectivity index (χ4v) is 3.95. The van der Waals surface area contributed by atoms with E-state index >= 15 is 0 Å². The zero-order chi connectivity index (χ0) is 22.5. The van der Waals surface area contributed by atoms with Crippen LogP contribution in [0.15, 0.2) is 48.7 Å². The molecule has 1 saturated carbocycles. The number of aliphatic hydroxyl groups is 1. The van der Waals surface area contributed by atoms with Crippen molar-refractivity contribution in [3.8, 4) is 17.0 Å². The SMILES string of the molecule is Cn1nc(-c2ccccc2)cc1Nc1cc(OC2CC(F)(F)CC2O)c2cnn(C)c2n1. The van der Waals surface area contributed by atoms with E-state index in [-0.39, 0.29) is 0 Å². The number of nitrogens with zero attached hydrogens (tertiary/aromatic N) is 5. The van der Waals surface area contributed by atoms with Gasteiger partial charge in [-0.2, -0.15) is 10.2 Å². The lowest BCUT2D eigenvalue weighted by Gasteiger charge is -2.18. The molecule has 2 unspecified atom stereocenters. The van der Waals surface area contributed by atoms with E-state index in [2.05, 4.69) is 20.5 Å². The number of alkyl halides is 2. The molecule has 2 N–H and O–H groups in total. The number of pyridine rings is 1. The highest BCUT2D eigenvalue weighted by molar-refractivity contribution is 5.84. The molecule has 2 atom stereocenters. The van der Waals surface area contributed by atoms with Crippen LogP contribution in [0.5, 0.6) is 5.75 Å². The van der Waals surface area contributed by atoms with Crippen LogP contribution in [-0.4, -0.2) is 47.8 Å². The van der Waals surface area contributed by atoms with Crippen LogP contribution in [-0.2, 0) is 14.1 Å². The maximum Gasteiger partial charge on any atom is 0.254 e. The molecule has 8 nitrogen and oxygen atoms in total. The van der Waals surface area contributed by atoms with Crippen LogP contribution in [0.1, 0.15) is 12.8 Å². The summed E-state index contributed by atoms with van der Waals surface area (Å²) >= 11 is 0. The minimum absolute atomic E-state index is 0.331.